The molecule has 4 N–H and O–H groups in total. The zero-order valence-electron chi connectivity index (χ0n) is 14.0. The highest BCUT2D eigenvalue weighted by atomic mass is 16.2. The summed E-state index contributed by atoms with van der Waals surface area (Å²) >= 11 is 0. The number of ketones is 1. The van der Waals surface area contributed by atoms with Crippen LogP contribution in [-0.4, -0.2) is 29.8 Å². The van der Waals surface area contributed by atoms with Crippen LogP contribution in [0.1, 0.15) is 39.0 Å². The van der Waals surface area contributed by atoms with Crippen molar-refractivity contribution < 1.29 is 14.4 Å². The van der Waals surface area contributed by atoms with Crippen molar-refractivity contribution in [3.8, 4) is 0 Å². The predicted octanol–water partition coefficient (Wildman–Crippen LogP) is 2.84. The zero-order valence-corrected chi connectivity index (χ0v) is 14.0. The van der Waals surface area contributed by atoms with E-state index in [4.69, 9.17) is 0 Å². The van der Waals surface area contributed by atoms with Gasteiger partial charge in [-0.3, -0.25) is 9.59 Å². The molecule has 0 saturated heterocycles. The Hall–Kier alpha value is -3.09. The highest BCUT2D eigenvalue weighted by Gasteiger charge is 2.19. The van der Waals surface area contributed by atoms with Crippen molar-refractivity contribution in [1.29, 1.82) is 0 Å². The molecule has 126 valence electrons. The number of benzene rings is 1. The van der Waals surface area contributed by atoms with Crippen LogP contribution in [0.15, 0.2) is 24.3 Å². The lowest BCUT2D eigenvalue weighted by atomic mass is 10.1. The summed E-state index contributed by atoms with van der Waals surface area (Å²) in [5.74, 6) is -0.403. The number of urea groups is 1. The van der Waals surface area contributed by atoms with Gasteiger partial charge in [0.15, 0.2) is 5.78 Å². The van der Waals surface area contributed by atoms with Crippen molar-refractivity contribution in [2.24, 2.45) is 0 Å². The number of anilines is 2. The topological polar surface area (TPSA) is 103 Å². The van der Waals surface area contributed by atoms with E-state index in [0.29, 0.717) is 33.9 Å². The van der Waals surface area contributed by atoms with Gasteiger partial charge in [0.2, 0.25) is 0 Å². The Morgan fingerprint density at radius 3 is 1.96 bits per heavy atom. The van der Waals surface area contributed by atoms with E-state index in [-0.39, 0.29) is 17.7 Å². The number of aryl methyl sites for hydroxylation is 1. The minimum atomic E-state index is -0.324. The quantitative estimate of drug-likeness (QED) is 0.649. The molecule has 1 aromatic heterocycles. The Kier molecular flexibility index (Phi) is 5.03. The smallest absolute Gasteiger partial charge is 0.318 e. The van der Waals surface area contributed by atoms with Gasteiger partial charge in [-0.1, -0.05) is 0 Å². The third-order valence-electron chi connectivity index (χ3n) is 3.64. The molecule has 0 radical (unpaired) electrons. The number of rotatable bonds is 4. The number of hydrogen-bond acceptors (Lipinski definition) is 3. The van der Waals surface area contributed by atoms with Gasteiger partial charge in [0.05, 0.1) is 0 Å². The lowest BCUT2D eigenvalue weighted by Crippen LogP contribution is -2.24. The maximum atomic E-state index is 12.4. The van der Waals surface area contributed by atoms with Gasteiger partial charge in [-0.15, -0.1) is 0 Å². The molecule has 0 aliphatic rings. The van der Waals surface area contributed by atoms with Crippen LogP contribution in [0.25, 0.3) is 0 Å². The summed E-state index contributed by atoms with van der Waals surface area (Å²) in [6, 6.07) is 6.40. The van der Waals surface area contributed by atoms with Gasteiger partial charge in [0.1, 0.15) is 5.69 Å². The third-order valence-corrected chi connectivity index (χ3v) is 3.64. The minimum Gasteiger partial charge on any atom is -0.354 e. The Morgan fingerprint density at radius 2 is 1.50 bits per heavy atom. The maximum absolute atomic E-state index is 12.4. The average Bonchev–Trinajstić information content (AvgIpc) is 2.84. The predicted molar refractivity (Wildman–Crippen MR) is 92.7 cm³/mol. The summed E-state index contributed by atoms with van der Waals surface area (Å²) in [6.45, 7) is 4.98. The number of aromatic nitrogens is 1. The second-order valence-electron chi connectivity index (χ2n) is 5.42. The number of Topliss-reactive ketones (excluding diaryl/α,β-unsaturated/α-hetero) is 1. The van der Waals surface area contributed by atoms with E-state index in [2.05, 4.69) is 20.9 Å². The van der Waals surface area contributed by atoms with E-state index >= 15 is 0 Å². The van der Waals surface area contributed by atoms with Crippen molar-refractivity contribution in [2.75, 3.05) is 17.7 Å². The summed E-state index contributed by atoms with van der Waals surface area (Å²) in [7, 11) is 1.53. The Bertz CT molecular complexity index is 791. The van der Waals surface area contributed by atoms with Crippen LogP contribution in [0.3, 0.4) is 0 Å². The maximum Gasteiger partial charge on any atom is 0.318 e. The fourth-order valence-electron chi connectivity index (χ4n) is 2.53. The summed E-state index contributed by atoms with van der Waals surface area (Å²) in [4.78, 5) is 38.2. The first-order valence-electron chi connectivity index (χ1n) is 7.43. The van der Waals surface area contributed by atoms with Crippen molar-refractivity contribution in [2.45, 2.75) is 20.8 Å². The van der Waals surface area contributed by atoms with Gasteiger partial charge >= 0.3 is 6.03 Å². The number of nitrogens with one attached hydrogen (secondary N) is 4. The third kappa shape index (κ3) is 3.62. The van der Waals surface area contributed by atoms with Crippen LogP contribution in [0.5, 0.6) is 0 Å². The fraction of sp³-hybridized carbons (Fsp3) is 0.235. The molecule has 2 rings (SSSR count). The van der Waals surface area contributed by atoms with Crippen LogP contribution in [0, 0.1) is 13.8 Å². The van der Waals surface area contributed by atoms with Gasteiger partial charge in [-0.05, 0) is 50.6 Å². The van der Waals surface area contributed by atoms with Crippen LogP contribution in [0.2, 0.25) is 0 Å². The number of H-pyrrole nitrogens is 1. The van der Waals surface area contributed by atoms with E-state index in [0.717, 1.165) is 0 Å². The summed E-state index contributed by atoms with van der Waals surface area (Å²) in [5, 5.41) is 7.85. The Morgan fingerprint density at radius 1 is 0.958 bits per heavy atom. The molecular weight excluding hydrogens is 308 g/mol. The molecule has 0 atom stereocenters. The molecule has 0 aliphatic carbocycles. The minimum absolute atomic E-state index is 0.0788. The molecule has 0 aliphatic heterocycles. The molecule has 24 heavy (non-hydrogen) atoms. The molecule has 1 heterocycles. The number of aromatic amines is 1. The SMILES string of the molecule is CNC(=O)Nc1ccc(NC(=O)c2[nH]c(C)c(C(C)=O)c2C)cc1. The van der Waals surface area contributed by atoms with Crippen molar-refractivity contribution >= 4 is 29.1 Å². The summed E-state index contributed by atoms with van der Waals surface area (Å²) in [6.07, 6.45) is 0. The molecule has 2 aromatic rings. The fourth-order valence-corrected chi connectivity index (χ4v) is 2.53. The van der Waals surface area contributed by atoms with Crippen LogP contribution in [0.4, 0.5) is 16.2 Å². The van der Waals surface area contributed by atoms with Gasteiger partial charge in [-0.25, -0.2) is 4.79 Å². The Labute approximate surface area is 139 Å². The number of amides is 3. The normalized spacial score (nSPS) is 10.2. The first-order chi connectivity index (χ1) is 11.3. The Balaban J connectivity index is 2.14. The zero-order chi connectivity index (χ0) is 17.9. The first-order valence-corrected chi connectivity index (χ1v) is 7.43. The average molecular weight is 328 g/mol. The molecule has 0 bridgehead atoms. The van der Waals surface area contributed by atoms with Gasteiger partial charge in [0, 0.05) is 29.7 Å². The van der Waals surface area contributed by atoms with E-state index < -0.39 is 0 Å². The van der Waals surface area contributed by atoms with Gasteiger partial charge in [-0.2, -0.15) is 0 Å². The highest BCUT2D eigenvalue weighted by Crippen LogP contribution is 2.20. The van der Waals surface area contributed by atoms with Crippen LogP contribution in [-0.2, 0) is 0 Å². The second kappa shape index (κ2) is 6.99. The molecule has 1 aromatic carbocycles. The molecule has 0 saturated carbocycles. The first kappa shape index (κ1) is 17.3. The molecule has 3 amide bonds. The molecular formula is C17H20N4O3. The lowest BCUT2D eigenvalue weighted by molar-refractivity contribution is 0.101. The number of carbonyl (C=O) groups is 3. The van der Waals surface area contributed by atoms with E-state index in [9.17, 15) is 14.4 Å². The van der Waals surface area contributed by atoms with Crippen molar-refractivity contribution in [3.63, 3.8) is 0 Å². The van der Waals surface area contributed by atoms with Crippen LogP contribution < -0.4 is 16.0 Å². The number of carbonyl (C=O) groups excluding carboxylic acids is 3. The van der Waals surface area contributed by atoms with Gasteiger partial charge < -0.3 is 20.9 Å². The highest BCUT2D eigenvalue weighted by molar-refractivity contribution is 6.07. The molecule has 7 heteroatoms. The van der Waals surface area contributed by atoms with Crippen LogP contribution >= 0.6 is 0 Å². The van der Waals surface area contributed by atoms with E-state index in [1.54, 1.807) is 38.1 Å². The van der Waals surface area contributed by atoms with Crippen molar-refractivity contribution in [1.82, 2.24) is 10.3 Å². The summed E-state index contributed by atoms with van der Waals surface area (Å²) in [5.41, 5.74) is 3.41. The molecule has 0 spiro atoms. The van der Waals surface area contributed by atoms with E-state index in [1.165, 1.54) is 14.0 Å². The monoisotopic (exact) mass is 328 g/mol. The standard InChI is InChI=1S/C17H20N4O3/c1-9-14(11(3)22)10(2)19-15(9)16(23)20-12-5-7-13(8-6-12)21-17(24)18-4/h5-8,19H,1-4H3,(H,20,23)(H2,18,21,24). The van der Waals surface area contributed by atoms with Crippen molar-refractivity contribution in [3.05, 3.63) is 46.8 Å². The van der Waals surface area contributed by atoms with Gasteiger partial charge in [0.25, 0.3) is 5.91 Å². The number of hydrogen-bond donors (Lipinski definition) is 4. The largest absolute Gasteiger partial charge is 0.354 e. The second-order valence-corrected chi connectivity index (χ2v) is 5.42. The molecule has 0 fully saturated rings. The van der Waals surface area contributed by atoms with E-state index in [1.807, 2.05) is 0 Å². The molecule has 7 nitrogen and oxygen atoms in total. The molecule has 0 unspecified atom stereocenters. The summed E-state index contributed by atoms with van der Waals surface area (Å²) < 4.78 is 0. The lowest BCUT2D eigenvalue weighted by Gasteiger charge is -2.07.